The van der Waals surface area contributed by atoms with E-state index in [1.165, 1.54) is 33.4 Å². The van der Waals surface area contributed by atoms with Crippen LogP contribution >= 0.6 is 0 Å². The lowest BCUT2D eigenvalue weighted by Gasteiger charge is -2.30. The van der Waals surface area contributed by atoms with E-state index in [9.17, 15) is 19.2 Å². The molecule has 12 nitrogen and oxygen atoms in total. The maximum Gasteiger partial charge on any atom is 0.356 e. The minimum atomic E-state index is -1.29. The van der Waals surface area contributed by atoms with Crippen LogP contribution in [0.3, 0.4) is 0 Å². The van der Waals surface area contributed by atoms with Crippen LogP contribution in [0.2, 0.25) is 0 Å². The van der Waals surface area contributed by atoms with Crippen LogP contribution in [0, 0.1) is 11.3 Å². The molecule has 4 rings (SSSR count). The number of ether oxygens (including phenoxy) is 6. The number of amides is 1. The molecule has 1 aliphatic carbocycles. The van der Waals surface area contributed by atoms with Gasteiger partial charge in [0, 0.05) is 25.3 Å². The minimum Gasteiger partial charge on any atom is -0.493 e. The average molecular weight is 583 g/mol. The fourth-order valence-electron chi connectivity index (χ4n) is 4.87. The summed E-state index contributed by atoms with van der Waals surface area (Å²) in [4.78, 5) is 60.9. The predicted octanol–water partition coefficient (Wildman–Crippen LogP) is 3.27. The molecule has 5 atom stereocenters. The zero-order valence-corrected chi connectivity index (χ0v) is 24.3. The minimum absolute atomic E-state index is 0.0474. The van der Waals surface area contributed by atoms with E-state index < -0.39 is 66.0 Å². The van der Waals surface area contributed by atoms with Crippen molar-refractivity contribution in [3.05, 3.63) is 53.9 Å². The Bertz CT molecular complexity index is 1380. The first-order valence-electron chi connectivity index (χ1n) is 13.5. The maximum absolute atomic E-state index is 13.7. The molecular formula is C30H34N2O10. The molecule has 2 aliphatic rings. The second-order valence-electron chi connectivity index (χ2n) is 10.4. The van der Waals surface area contributed by atoms with Gasteiger partial charge in [-0.25, -0.2) is 14.8 Å². The molecule has 1 saturated carbocycles. The standard InChI is InChI=1S/C30H34N2O10/c1-16(2)27(34)42-25-17(3)40-28(35)21(15-39-29(36)30(25)14-20(30)19-10-8-7-9-11-19)32-26(33)23-24(41-18(4)37-5)22(38-6)12-13-31-23/h7-13,16-18,20,25H,14-15H2,1-6H3/t17-,18?,20-,25?,30+/m0/s1. The number of hydrogen-bond donors (Lipinski definition) is 0. The third kappa shape index (κ3) is 6.13. The van der Waals surface area contributed by atoms with Gasteiger partial charge in [-0.1, -0.05) is 44.2 Å². The van der Waals surface area contributed by atoms with Gasteiger partial charge in [-0.05, 0) is 25.8 Å². The van der Waals surface area contributed by atoms with Crippen molar-refractivity contribution in [3.63, 3.8) is 0 Å². The van der Waals surface area contributed by atoms with E-state index >= 15 is 0 Å². The molecular weight excluding hydrogens is 548 g/mol. The molecule has 0 bridgehead atoms. The Kier molecular flexibility index (Phi) is 9.25. The van der Waals surface area contributed by atoms with Gasteiger partial charge in [0.1, 0.15) is 18.1 Å². The van der Waals surface area contributed by atoms with E-state index in [-0.39, 0.29) is 23.1 Å². The Morgan fingerprint density at radius 1 is 1.10 bits per heavy atom. The molecule has 224 valence electrons. The first-order chi connectivity index (χ1) is 20.0. The van der Waals surface area contributed by atoms with Crippen molar-refractivity contribution in [2.45, 2.75) is 58.5 Å². The van der Waals surface area contributed by atoms with Crippen molar-refractivity contribution >= 4 is 29.5 Å². The van der Waals surface area contributed by atoms with Gasteiger partial charge in [-0.3, -0.25) is 14.4 Å². The third-order valence-corrected chi connectivity index (χ3v) is 7.25. The van der Waals surface area contributed by atoms with Crippen molar-refractivity contribution in [2.75, 3.05) is 20.8 Å². The van der Waals surface area contributed by atoms with E-state index in [0.29, 0.717) is 6.42 Å². The van der Waals surface area contributed by atoms with Gasteiger partial charge in [0.25, 0.3) is 5.91 Å². The second-order valence-corrected chi connectivity index (χ2v) is 10.4. The summed E-state index contributed by atoms with van der Waals surface area (Å²) in [5, 5.41) is 0. The van der Waals surface area contributed by atoms with E-state index in [0.717, 1.165) is 5.56 Å². The fraction of sp³-hybridized carbons (Fsp3) is 0.467. The topological polar surface area (TPSA) is 149 Å². The largest absolute Gasteiger partial charge is 0.493 e. The number of aromatic nitrogens is 1. The van der Waals surface area contributed by atoms with Gasteiger partial charge < -0.3 is 28.4 Å². The molecule has 1 amide bonds. The van der Waals surface area contributed by atoms with Gasteiger partial charge in [0.15, 0.2) is 35.3 Å². The average Bonchev–Trinajstić information content (AvgIpc) is 3.73. The lowest BCUT2D eigenvalue weighted by atomic mass is 9.89. The zero-order valence-electron chi connectivity index (χ0n) is 24.3. The zero-order chi connectivity index (χ0) is 30.6. The SMILES string of the molecule is COc1ccnc(C(=O)N=C2COC(=O)[C@@]3(C[C@H]3c3ccccc3)C(OC(=O)C(C)C)[C@H](C)OC2=O)c1OC(C)OC. The number of aliphatic imine (C=N–C) groups is 1. The smallest absolute Gasteiger partial charge is 0.356 e. The summed E-state index contributed by atoms with van der Waals surface area (Å²) in [5.41, 5.74) is -1.18. The van der Waals surface area contributed by atoms with Gasteiger partial charge in [0.2, 0.25) is 0 Å². The Hall–Kier alpha value is -4.32. The summed E-state index contributed by atoms with van der Waals surface area (Å²) in [5.74, 6) is -3.93. The molecule has 2 aromatic rings. The normalized spacial score (nSPS) is 25.5. The van der Waals surface area contributed by atoms with Crippen molar-refractivity contribution < 1.29 is 47.6 Å². The van der Waals surface area contributed by atoms with Gasteiger partial charge in [-0.15, -0.1) is 0 Å². The number of cyclic esters (lactones) is 2. The van der Waals surface area contributed by atoms with Crippen LogP contribution < -0.4 is 9.47 Å². The molecule has 2 unspecified atom stereocenters. The molecule has 1 spiro atoms. The highest BCUT2D eigenvalue weighted by atomic mass is 16.7. The molecule has 42 heavy (non-hydrogen) atoms. The highest BCUT2D eigenvalue weighted by molar-refractivity contribution is 6.39. The molecule has 1 saturated heterocycles. The van der Waals surface area contributed by atoms with E-state index in [2.05, 4.69) is 9.98 Å². The number of esters is 3. The fourth-order valence-corrected chi connectivity index (χ4v) is 4.87. The van der Waals surface area contributed by atoms with Gasteiger partial charge in [0.05, 0.1) is 13.0 Å². The number of benzene rings is 1. The summed E-state index contributed by atoms with van der Waals surface area (Å²) in [6, 6.07) is 10.8. The predicted molar refractivity (Wildman–Crippen MR) is 147 cm³/mol. The number of hydrogen-bond acceptors (Lipinski definition) is 11. The number of nitrogens with zero attached hydrogens (tertiary/aromatic N) is 2. The lowest BCUT2D eigenvalue weighted by Crippen LogP contribution is -2.45. The Morgan fingerprint density at radius 2 is 1.81 bits per heavy atom. The van der Waals surface area contributed by atoms with Crippen LogP contribution in [0.4, 0.5) is 0 Å². The van der Waals surface area contributed by atoms with Crippen LogP contribution in [-0.2, 0) is 33.3 Å². The van der Waals surface area contributed by atoms with Crippen molar-refractivity contribution in [3.8, 4) is 11.5 Å². The molecule has 2 fully saturated rings. The van der Waals surface area contributed by atoms with E-state index in [1.807, 2.05) is 30.3 Å². The first kappa shape index (κ1) is 30.6. The van der Waals surface area contributed by atoms with E-state index in [4.69, 9.17) is 28.4 Å². The van der Waals surface area contributed by atoms with Gasteiger partial charge >= 0.3 is 17.9 Å². The summed E-state index contributed by atoms with van der Waals surface area (Å²) in [6.45, 7) is 5.79. The lowest BCUT2D eigenvalue weighted by molar-refractivity contribution is -0.178. The van der Waals surface area contributed by atoms with E-state index in [1.54, 1.807) is 20.8 Å². The summed E-state index contributed by atoms with van der Waals surface area (Å²) < 4.78 is 33.1. The number of methoxy groups -OCH3 is 2. The van der Waals surface area contributed by atoms with Crippen LogP contribution in [-0.4, -0.2) is 73.8 Å². The number of pyridine rings is 1. The number of carbonyl (C=O) groups excluding carboxylic acids is 4. The first-order valence-corrected chi connectivity index (χ1v) is 13.5. The van der Waals surface area contributed by atoms with Gasteiger partial charge in [-0.2, -0.15) is 0 Å². The van der Waals surface area contributed by atoms with Crippen LogP contribution in [0.5, 0.6) is 11.5 Å². The second kappa shape index (κ2) is 12.7. The molecule has 12 heteroatoms. The van der Waals surface area contributed by atoms with Crippen molar-refractivity contribution in [1.29, 1.82) is 0 Å². The Balaban J connectivity index is 1.69. The number of rotatable bonds is 8. The maximum atomic E-state index is 13.7. The highest BCUT2D eigenvalue weighted by Crippen LogP contribution is 2.64. The van der Waals surface area contributed by atoms with Crippen LogP contribution in [0.15, 0.2) is 47.6 Å². The van der Waals surface area contributed by atoms with Crippen molar-refractivity contribution in [1.82, 2.24) is 4.98 Å². The molecule has 1 aromatic heterocycles. The molecule has 0 radical (unpaired) electrons. The quantitative estimate of drug-likeness (QED) is 0.256. The molecule has 1 aromatic carbocycles. The Morgan fingerprint density at radius 3 is 2.45 bits per heavy atom. The Labute approximate surface area is 243 Å². The molecule has 1 aliphatic heterocycles. The molecule has 2 heterocycles. The summed E-state index contributed by atoms with van der Waals surface area (Å²) in [6.07, 6.45) is -1.35. The van der Waals surface area contributed by atoms with Crippen LogP contribution in [0.25, 0.3) is 0 Å². The van der Waals surface area contributed by atoms with Crippen molar-refractivity contribution in [2.24, 2.45) is 16.3 Å². The number of carbonyl (C=O) groups is 4. The third-order valence-electron chi connectivity index (χ3n) is 7.25. The monoisotopic (exact) mass is 582 g/mol. The summed E-state index contributed by atoms with van der Waals surface area (Å²) >= 11 is 0. The van der Waals surface area contributed by atoms with Crippen LogP contribution in [0.1, 0.15) is 56.1 Å². The molecule has 0 N–H and O–H groups in total. The highest BCUT2D eigenvalue weighted by Gasteiger charge is 2.70. The summed E-state index contributed by atoms with van der Waals surface area (Å²) in [7, 11) is 2.80.